The number of nitrogens with one attached hydrogen (secondary N) is 2. The first kappa shape index (κ1) is 22.0. The molecular formula is C23H25N3O5. The summed E-state index contributed by atoms with van der Waals surface area (Å²) in [6.45, 7) is 3.77. The summed E-state index contributed by atoms with van der Waals surface area (Å²) in [5, 5.41) is 4.72. The third kappa shape index (κ3) is 5.91. The molecule has 0 spiro atoms. The average Bonchev–Trinajstić information content (AvgIpc) is 3.15. The van der Waals surface area contributed by atoms with Gasteiger partial charge in [0.25, 0.3) is 5.91 Å². The molecule has 2 N–H and O–H groups in total. The average molecular weight is 423 g/mol. The van der Waals surface area contributed by atoms with Gasteiger partial charge in [0.15, 0.2) is 6.10 Å². The van der Waals surface area contributed by atoms with Gasteiger partial charge in [-0.15, -0.1) is 0 Å². The van der Waals surface area contributed by atoms with Gasteiger partial charge in [0.1, 0.15) is 0 Å². The van der Waals surface area contributed by atoms with Crippen molar-refractivity contribution in [1.82, 2.24) is 10.6 Å². The van der Waals surface area contributed by atoms with Crippen molar-refractivity contribution in [3.05, 3.63) is 65.7 Å². The molecule has 1 heterocycles. The van der Waals surface area contributed by atoms with E-state index in [9.17, 15) is 19.2 Å². The van der Waals surface area contributed by atoms with E-state index in [0.29, 0.717) is 5.69 Å². The molecule has 8 nitrogen and oxygen atoms in total. The molecule has 0 aliphatic carbocycles. The molecule has 8 heteroatoms. The van der Waals surface area contributed by atoms with Crippen LogP contribution in [0, 0.1) is 12.8 Å². The van der Waals surface area contributed by atoms with Gasteiger partial charge in [-0.05, 0) is 31.5 Å². The largest absolute Gasteiger partial charge is 0.452 e. The summed E-state index contributed by atoms with van der Waals surface area (Å²) in [4.78, 5) is 50.4. The zero-order valence-corrected chi connectivity index (χ0v) is 17.5. The first-order valence-corrected chi connectivity index (χ1v) is 10.0. The number of carbonyl (C=O) groups excluding carboxylic acids is 4. The first-order chi connectivity index (χ1) is 14.8. The van der Waals surface area contributed by atoms with Crippen LogP contribution in [0.5, 0.6) is 0 Å². The monoisotopic (exact) mass is 423 g/mol. The van der Waals surface area contributed by atoms with Crippen LogP contribution >= 0.6 is 0 Å². The predicted molar refractivity (Wildman–Crippen MR) is 114 cm³/mol. The van der Waals surface area contributed by atoms with E-state index in [2.05, 4.69) is 10.6 Å². The number of esters is 1. The minimum atomic E-state index is -1.17. The summed E-state index contributed by atoms with van der Waals surface area (Å²) in [6.07, 6.45) is -1.16. The molecule has 4 amide bonds. The van der Waals surface area contributed by atoms with Crippen molar-refractivity contribution in [2.75, 3.05) is 11.4 Å². The molecule has 3 rings (SSSR count). The van der Waals surface area contributed by atoms with Crippen molar-refractivity contribution in [1.29, 1.82) is 0 Å². The van der Waals surface area contributed by atoms with Gasteiger partial charge >= 0.3 is 12.0 Å². The molecule has 2 aromatic rings. The molecule has 0 unspecified atom stereocenters. The van der Waals surface area contributed by atoms with Gasteiger partial charge in [-0.2, -0.15) is 0 Å². The summed E-state index contributed by atoms with van der Waals surface area (Å²) in [5.74, 6) is -2.23. The lowest BCUT2D eigenvalue weighted by atomic mass is 10.1. The third-order valence-electron chi connectivity index (χ3n) is 5.00. The number of nitrogens with zero attached hydrogens (tertiary/aromatic N) is 1. The Morgan fingerprint density at radius 1 is 1.10 bits per heavy atom. The van der Waals surface area contributed by atoms with Crippen LogP contribution in [0.4, 0.5) is 10.5 Å². The van der Waals surface area contributed by atoms with Crippen LogP contribution in [0.25, 0.3) is 0 Å². The Hall–Kier alpha value is -3.68. The highest BCUT2D eigenvalue weighted by Crippen LogP contribution is 2.26. The van der Waals surface area contributed by atoms with E-state index in [-0.39, 0.29) is 25.4 Å². The molecule has 2 atom stereocenters. The van der Waals surface area contributed by atoms with Crippen LogP contribution in [0.1, 0.15) is 24.5 Å². The zero-order chi connectivity index (χ0) is 22.4. The van der Waals surface area contributed by atoms with Gasteiger partial charge in [-0.3, -0.25) is 19.7 Å². The van der Waals surface area contributed by atoms with E-state index in [1.54, 1.807) is 0 Å². The molecule has 1 saturated heterocycles. The maximum Gasteiger partial charge on any atom is 0.321 e. The smallest absolute Gasteiger partial charge is 0.321 e. The fraction of sp³-hybridized carbons (Fsp3) is 0.304. The van der Waals surface area contributed by atoms with E-state index in [0.717, 1.165) is 11.1 Å². The molecule has 1 aliphatic rings. The topological polar surface area (TPSA) is 105 Å². The number of hydrogen-bond acceptors (Lipinski definition) is 5. The highest BCUT2D eigenvalue weighted by molar-refractivity contribution is 6.00. The van der Waals surface area contributed by atoms with Crippen LogP contribution in [-0.2, 0) is 25.7 Å². The van der Waals surface area contributed by atoms with Crippen molar-refractivity contribution in [3.63, 3.8) is 0 Å². The van der Waals surface area contributed by atoms with Crippen LogP contribution in [-0.4, -0.2) is 36.5 Å². The lowest BCUT2D eigenvalue weighted by Crippen LogP contribution is -2.45. The van der Waals surface area contributed by atoms with E-state index >= 15 is 0 Å². The normalized spacial score (nSPS) is 16.5. The molecule has 0 aromatic heterocycles. The highest BCUT2D eigenvalue weighted by atomic mass is 16.5. The molecule has 0 radical (unpaired) electrons. The van der Waals surface area contributed by atoms with E-state index in [1.165, 1.54) is 11.8 Å². The van der Waals surface area contributed by atoms with Crippen molar-refractivity contribution in [2.45, 2.75) is 32.9 Å². The second-order valence-electron chi connectivity index (χ2n) is 7.48. The first-order valence-electron chi connectivity index (χ1n) is 10.0. The highest BCUT2D eigenvalue weighted by Gasteiger charge is 2.37. The molecule has 162 valence electrons. The predicted octanol–water partition coefficient (Wildman–Crippen LogP) is 2.31. The summed E-state index contributed by atoms with van der Waals surface area (Å²) < 4.78 is 5.20. The quantitative estimate of drug-likeness (QED) is 0.694. The number of carbonyl (C=O) groups is 4. The van der Waals surface area contributed by atoms with E-state index < -0.39 is 29.9 Å². The Bertz CT molecular complexity index is 959. The van der Waals surface area contributed by atoms with Gasteiger partial charge in [-0.25, -0.2) is 4.79 Å². The number of rotatable bonds is 6. The molecule has 1 aliphatic heterocycles. The maximum atomic E-state index is 12.5. The van der Waals surface area contributed by atoms with Crippen LogP contribution < -0.4 is 15.5 Å². The molecule has 31 heavy (non-hydrogen) atoms. The third-order valence-corrected chi connectivity index (χ3v) is 5.00. The Morgan fingerprint density at radius 3 is 2.45 bits per heavy atom. The molecule has 0 bridgehead atoms. The Morgan fingerprint density at radius 2 is 1.77 bits per heavy atom. The second-order valence-corrected chi connectivity index (χ2v) is 7.48. The summed E-state index contributed by atoms with van der Waals surface area (Å²) >= 11 is 0. The summed E-state index contributed by atoms with van der Waals surface area (Å²) in [6, 6.07) is 16.0. The van der Waals surface area contributed by atoms with Crippen LogP contribution in [0.2, 0.25) is 0 Å². The minimum absolute atomic E-state index is 0.0125. The number of urea groups is 1. The van der Waals surface area contributed by atoms with Gasteiger partial charge in [-0.1, -0.05) is 48.0 Å². The Kier molecular flexibility index (Phi) is 7.02. The van der Waals surface area contributed by atoms with Crippen molar-refractivity contribution >= 4 is 29.5 Å². The second kappa shape index (κ2) is 9.88. The number of hydrogen-bond donors (Lipinski definition) is 2. The zero-order valence-electron chi connectivity index (χ0n) is 17.5. The van der Waals surface area contributed by atoms with Crippen molar-refractivity contribution < 1.29 is 23.9 Å². The number of anilines is 1. The minimum Gasteiger partial charge on any atom is -0.452 e. The van der Waals surface area contributed by atoms with Gasteiger partial charge in [0.05, 0.1) is 5.92 Å². The van der Waals surface area contributed by atoms with E-state index in [1.807, 2.05) is 61.5 Å². The molecular weight excluding hydrogens is 398 g/mol. The van der Waals surface area contributed by atoms with E-state index in [4.69, 9.17) is 4.74 Å². The van der Waals surface area contributed by atoms with Gasteiger partial charge in [0, 0.05) is 25.2 Å². The van der Waals surface area contributed by atoms with Crippen molar-refractivity contribution in [2.24, 2.45) is 5.92 Å². The summed E-state index contributed by atoms with van der Waals surface area (Å²) in [5.41, 5.74) is 2.67. The fourth-order valence-corrected chi connectivity index (χ4v) is 3.20. The SMILES string of the molecule is Cc1ccc(N2C[C@@H](C(=O)O[C@H](C)C(=O)NC(=O)NCc3ccccc3)CC2=O)cc1. The fourth-order valence-electron chi connectivity index (χ4n) is 3.20. The van der Waals surface area contributed by atoms with Crippen molar-refractivity contribution in [3.8, 4) is 0 Å². The lowest BCUT2D eigenvalue weighted by Gasteiger charge is -2.18. The molecule has 0 saturated carbocycles. The van der Waals surface area contributed by atoms with Gasteiger partial charge < -0.3 is 15.0 Å². The Balaban J connectivity index is 1.47. The van der Waals surface area contributed by atoms with Gasteiger partial charge in [0.2, 0.25) is 5.91 Å². The number of amides is 4. The lowest BCUT2D eigenvalue weighted by molar-refractivity contribution is -0.158. The maximum absolute atomic E-state index is 12.5. The number of aryl methyl sites for hydroxylation is 1. The van der Waals surface area contributed by atoms with Crippen LogP contribution in [0.3, 0.4) is 0 Å². The number of imide groups is 1. The summed E-state index contributed by atoms with van der Waals surface area (Å²) in [7, 11) is 0. The standard InChI is InChI=1S/C23H25N3O5/c1-15-8-10-19(11-9-15)26-14-18(12-20(26)27)22(29)31-16(2)21(28)25-23(30)24-13-17-6-4-3-5-7-17/h3-11,16,18H,12-14H2,1-2H3,(H2,24,25,28,30)/t16-,18+/m1/s1. The van der Waals surface area contributed by atoms with Crippen LogP contribution in [0.15, 0.2) is 54.6 Å². The number of ether oxygens (including phenoxy) is 1. The molecule has 1 fully saturated rings. The Labute approximate surface area is 180 Å². The molecule has 2 aromatic carbocycles. The number of benzene rings is 2.